The Morgan fingerprint density at radius 1 is 0.406 bits per heavy atom. The van der Waals surface area contributed by atoms with Crippen LogP contribution >= 0.6 is 0 Å². The van der Waals surface area contributed by atoms with E-state index in [9.17, 15) is 19.2 Å². The molecule has 0 bridgehead atoms. The highest BCUT2D eigenvalue weighted by atomic mass is 16.2. The van der Waals surface area contributed by atoms with Gasteiger partial charge >= 0.3 is 0 Å². The number of rotatable bonds is 12. The summed E-state index contributed by atoms with van der Waals surface area (Å²) < 4.78 is 6.45. The summed E-state index contributed by atoms with van der Waals surface area (Å²) in [6.07, 6.45) is 5.37. The maximum absolute atomic E-state index is 13.0. The van der Waals surface area contributed by atoms with Gasteiger partial charge in [-0.15, -0.1) is 56.1 Å². The molecular weight excluding hydrogens is 841 g/mol. The predicted molar refractivity (Wildman–Crippen MR) is 212 cm³/mol. The molecule has 64 heavy (non-hydrogen) atoms. The van der Waals surface area contributed by atoms with Crippen LogP contribution in [0.2, 0.25) is 0 Å². The zero-order chi connectivity index (χ0) is 44.5. The van der Waals surface area contributed by atoms with Crippen LogP contribution in [0.5, 0.6) is 0 Å². The third-order valence-electron chi connectivity index (χ3n) is 9.95. The van der Waals surface area contributed by atoms with Crippen LogP contribution in [0.25, 0.3) is 43.6 Å². The fourth-order valence-electron chi connectivity index (χ4n) is 6.73. The van der Waals surface area contributed by atoms with E-state index in [4.69, 9.17) is 0 Å². The fourth-order valence-corrected chi connectivity index (χ4v) is 6.73. The smallest absolute Gasteiger partial charge is 0.267 e. The summed E-state index contributed by atoms with van der Waals surface area (Å²) >= 11 is 0. The van der Waals surface area contributed by atoms with Crippen molar-refractivity contribution in [3.8, 4) is 0 Å². The maximum atomic E-state index is 13.0. The Morgan fingerprint density at radius 3 is 0.984 bits per heavy atom. The number of fused-ring (bicyclic) bond motifs is 4. The van der Waals surface area contributed by atoms with Crippen LogP contribution < -0.4 is 22.2 Å². The zero-order valence-corrected chi connectivity index (χ0v) is 33.9. The first-order valence-corrected chi connectivity index (χ1v) is 19.2. The minimum absolute atomic E-state index is 0.275. The molecule has 0 saturated carbocycles. The molecule has 0 saturated heterocycles. The van der Waals surface area contributed by atoms with Crippen LogP contribution in [0.15, 0.2) is 68.8 Å². The van der Waals surface area contributed by atoms with Crippen molar-refractivity contribution in [2.24, 2.45) is 0 Å². The highest BCUT2D eigenvalue weighted by molar-refractivity contribution is 5.94. The molecule has 4 atom stereocenters. The predicted octanol–water partition coefficient (Wildman–Crippen LogP) is -3.22. The molecule has 8 aromatic heterocycles. The lowest BCUT2D eigenvalue weighted by Crippen LogP contribution is -2.31. The van der Waals surface area contributed by atoms with Gasteiger partial charge in [0.15, 0.2) is 19.0 Å². The Morgan fingerprint density at radius 2 is 0.719 bits per heavy atom. The minimum atomic E-state index is -0.380. The van der Waals surface area contributed by atoms with Crippen molar-refractivity contribution in [2.45, 2.75) is 78.0 Å². The van der Waals surface area contributed by atoms with Crippen LogP contribution in [0, 0.1) is 0 Å². The normalized spacial score (nSPS) is 13.6. The summed E-state index contributed by atoms with van der Waals surface area (Å²) in [6.45, 7) is 8.37. The largest absolute Gasteiger partial charge is 0.277 e. The Hall–Kier alpha value is -9.00. The zero-order valence-electron chi connectivity index (χ0n) is 33.9. The number of benzene rings is 2. The lowest BCUT2D eigenvalue weighted by molar-refractivity contribution is 0.353. The summed E-state index contributed by atoms with van der Waals surface area (Å²) in [4.78, 5) is 56.2. The van der Waals surface area contributed by atoms with Crippen molar-refractivity contribution in [2.75, 3.05) is 0 Å². The van der Waals surface area contributed by atoms with E-state index in [2.05, 4.69) is 103 Å². The van der Waals surface area contributed by atoms with E-state index in [0.29, 0.717) is 6.54 Å². The van der Waals surface area contributed by atoms with Gasteiger partial charge in [-0.3, -0.25) is 19.2 Å². The SMILES string of the molecule is CC(Cn1cnnn1)n1nnc2cc3c(=O)n(C(C)Cn4ncnn4)nnc3cc2c1=O.CC(Cn1ncnn1)n1nnc2cc3c(=O)n(C(C)Cn4ncnn4)nnc3cc2c1=O. The topological polar surface area (TPSA) is 366 Å². The molecule has 0 aliphatic rings. The number of hydrogen-bond acceptors (Lipinski definition) is 24. The monoisotopic (exact) mass is 872 g/mol. The molecule has 0 radical (unpaired) electrons. The van der Waals surface area contributed by atoms with Gasteiger partial charge in [0, 0.05) is 0 Å². The molecule has 2 aromatic carbocycles. The molecule has 0 spiro atoms. The van der Waals surface area contributed by atoms with Crippen LogP contribution in [0.4, 0.5) is 0 Å². The van der Waals surface area contributed by atoms with Gasteiger partial charge in [0.05, 0.1) is 71.9 Å². The van der Waals surface area contributed by atoms with Gasteiger partial charge in [-0.2, -0.15) is 14.4 Å². The number of tetrazole rings is 4. The van der Waals surface area contributed by atoms with E-state index < -0.39 is 0 Å². The first-order chi connectivity index (χ1) is 31.0. The Kier molecular flexibility index (Phi) is 10.6. The first kappa shape index (κ1) is 40.4. The van der Waals surface area contributed by atoms with Crippen molar-refractivity contribution < 1.29 is 0 Å². The second-order valence-corrected chi connectivity index (χ2v) is 14.5. The second kappa shape index (κ2) is 16.8. The van der Waals surface area contributed by atoms with E-state index in [0.717, 1.165) is 0 Å². The van der Waals surface area contributed by atoms with E-state index in [1.165, 1.54) is 87.4 Å². The maximum Gasteiger partial charge on any atom is 0.277 e. The second-order valence-electron chi connectivity index (χ2n) is 14.5. The number of nitrogens with zero attached hydrogens (tertiary/aromatic N) is 28. The summed E-state index contributed by atoms with van der Waals surface area (Å²) in [6, 6.07) is 4.51. The quantitative estimate of drug-likeness (QED) is 0.109. The van der Waals surface area contributed by atoms with E-state index in [1.807, 2.05) is 0 Å². The average Bonchev–Trinajstić information content (AvgIpc) is 4.15. The standard InChI is InChI=1S/2C16H16N14O2/c1-9(5-27-8-18-22-26-27)29-15(31)11-3-14-12(4-13(11)20-24-29)16(32)30(25-21-14)10(2)6-28-19-7-17-23-28;1-9(5-27-19-7-17-23-27)29-15(31)11-3-14-12(4-13(11)21-25-29)16(32)30(26-22-14)10(2)6-28-20-8-18-24-28/h2*3-4,7-10H,5-6H2,1-2H3. The first-order valence-electron chi connectivity index (χ1n) is 19.2. The third-order valence-corrected chi connectivity index (χ3v) is 9.95. The molecule has 0 aliphatic carbocycles. The van der Waals surface area contributed by atoms with Crippen molar-refractivity contribution >= 4 is 43.6 Å². The molecule has 324 valence electrons. The summed E-state index contributed by atoms with van der Waals surface area (Å²) in [5.74, 6) is 0. The Bertz CT molecular complexity index is 3010. The molecule has 0 N–H and O–H groups in total. The van der Waals surface area contributed by atoms with Crippen molar-refractivity contribution in [1.82, 2.24) is 141 Å². The average molecular weight is 873 g/mol. The van der Waals surface area contributed by atoms with Crippen molar-refractivity contribution in [3.05, 3.63) is 91.0 Å². The van der Waals surface area contributed by atoms with Gasteiger partial charge in [0.25, 0.3) is 22.2 Å². The molecule has 0 fully saturated rings. The number of aromatic nitrogens is 28. The van der Waals surface area contributed by atoms with Gasteiger partial charge in [0.2, 0.25) is 0 Å². The molecule has 32 heteroatoms. The molecular formula is C32H32N28O4. The molecule has 10 rings (SSSR count). The lowest BCUT2D eigenvalue weighted by Gasteiger charge is -2.14. The Labute approximate surface area is 353 Å². The van der Waals surface area contributed by atoms with Crippen LogP contribution in [0.3, 0.4) is 0 Å². The highest BCUT2D eigenvalue weighted by Crippen LogP contribution is 2.17. The van der Waals surface area contributed by atoms with Crippen LogP contribution in [0.1, 0.15) is 51.9 Å². The van der Waals surface area contributed by atoms with Crippen molar-refractivity contribution in [3.63, 3.8) is 0 Å². The van der Waals surface area contributed by atoms with E-state index >= 15 is 0 Å². The van der Waals surface area contributed by atoms with Gasteiger partial charge < -0.3 is 0 Å². The molecule has 8 heterocycles. The van der Waals surface area contributed by atoms with Crippen LogP contribution in [-0.4, -0.2) is 141 Å². The summed E-state index contributed by atoms with van der Waals surface area (Å²) in [5.41, 5.74) is -0.344. The van der Waals surface area contributed by atoms with Gasteiger partial charge in [0.1, 0.15) is 28.4 Å². The van der Waals surface area contributed by atoms with Crippen molar-refractivity contribution in [1.29, 1.82) is 0 Å². The van der Waals surface area contributed by atoms with Gasteiger partial charge in [-0.1, -0.05) is 20.9 Å². The highest BCUT2D eigenvalue weighted by Gasteiger charge is 2.20. The summed E-state index contributed by atoms with van der Waals surface area (Å²) in [7, 11) is 0. The van der Waals surface area contributed by atoms with E-state index in [1.54, 1.807) is 27.7 Å². The molecule has 0 amide bonds. The molecule has 32 nitrogen and oxygen atoms in total. The number of hydrogen-bond donors (Lipinski definition) is 0. The molecule has 10 aromatic rings. The van der Waals surface area contributed by atoms with E-state index in [-0.39, 0.29) is 110 Å². The molecule has 4 unspecified atom stereocenters. The van der Waals surface area contributed by atoms with Crippen LogP contribution in [-0.2, 0) is 26.2 Å². The minimum Gasteiger partial charge on any atom is -0.267 e. The van der Waals surface area contributed by atoms with Gasteiger partial charge in [-0.25, -0.2) is 23.4 Å². The van der Waals surface area contributed by atoms with Gasteiger partial charge in [-0.05, 0) is 78.0 Å². The lowest BCUT2D eigenvalue weighted by atomic mass is 10.1. The Balaban J connectivity index is 0.000000162. The third kappa shape index (κ3) is 7.86. The fraction of sp³-hybridized carbons (Fsp3) is 0.375. The molecule has 0 aliphatic heterocycles. The summed E-state index contributed by atoms with van der Waals surface area (Å²) in [5, 5.41) is 78.8.